The Morgan fingerprint density at radius 2 is 2.05 bits per heavy atom. The average molecular weight is 271 g/mol. The molecule has 0 aromatic heterocycles. The number of hydrogen-bond acceptors (Lipinski definition) is 4. The molecule has 2 aliphatic rings. The lowest BCUT2D eigenvalue weighted by molar-refractivity contribution is -0.144. The largest absolute Gasteiger partial charge is 0.480 e. The third-order valence-electron chi connectivity index (χ3n) is 3.92. The van der Waals surface area contributed by atoms with Crippen LogP contribution in [0.25, 0.3) is 0 Å². The maximum atomic E-state index is 11.4. The summed E-state index contributed by atoms with van der Waals surface area (Å²) in [5, 5.41) is 12.6. The van der Waals surface area contributed by atoms with E-state index in [-0.39, 0.29) is 0 Å². The molecule has 2 fully saturated rings. The molecule has 1 saturated heterocycles. The lowest BCUT2D eigenvalue weighted by atomic mass is 9.96. The number of ether oxygens (including phenoxy) is 2. The molecule has 0 bridgehead atoms. The number of rotatable bonds is 8. The standard InChI is InChI=1S/C14H25NO4/c1-14(13(16)17,15-11-3-4-11)7-2-8-19-12-5-9-18-10-6-12/h11-12,15H,2-10H2,1H3,(H,16,17). The quantitative estimate of drug-likeness (QED) is 0.656. The van der Waals surface area contributed by atoms with Crippen LogP contribution in [0.1, 0.15) is 45.4 Å². The minimum atomic E-state index is -0.805. The van der Waals surface area contributed by atoms with Crippen LogP contribution in [0.2, 0.25) is 0 Å². The minimum Gasteiger partial charge on any atom is -0.480 e. The molecule has 1 aliphatic carbocycles. The zero-order valence-corrected chi connectivity index (χ0v) is 11.7. The van der Waals surface area contributed by atoms with Crippen LogP contribution in [0.3, 0.4) is 0 Å². The van der Waals surface area contributed by atoms with Crippen LogP contribution < -0.4 is 5.32 Å². The van der Waals surface area contributed by atoms with Gasteiger partial charge in [0.15, 0.2) is 0 Å². The van der Waals surface area contributed by atoms with Crippen molar-refractivity contribution in [2.24, 2.45) is 0 Å². The topological polar surface area (TPSA) is 67.8 Å². The second-order valence-electron chi connectivity index (χ2n) is 5.84. The van der Waals surface area contributed by atoms with Crippen molar-refractivity contribution >= 4 is 5.97 Å². The van der Waals surface area contributed by atoms with E-state index in [1.807, 2.05) is 0 Å². The van der Waals surface area contributed by atoms with E-state index in [1.165, 1.54) is 0 Å². The second kappa shape index (κ2) is 6.68. The molecule has 19 heavy (non-hydrogen) atoms. The molecule has 1 heterocycles. The first kappa shape index (κ1) is 14.8. The summed E-state index contributed by atoms with van der Waals surface area (Å²) in [5.41, 5.74) is -0.805. The predicted molar refractivity (Wildman–Crippen MR) is 71.2 cm³/mol. The summed E-state index contributed by atoms with van der Waals surface area (Å²) in [6, 6.07) is 0.400. The maximum Gasteiger partial charge on any atom is 0.323 e. The van der Waals surface area contributed by atoms with Gasteiger partial charge in [-0.2, -0.15) is 0 Å². The van der Waals surface area contributed by atoms with Crippen LogP contribution in [0.4, 0.5) is 0 Å². The first-order valence-corrected chi connectivity index (χ1v) is 7.30. The van der Waals surface area contributed by atoms with Crippen LogP contribution in [0.15, 0.2) is 0 Å². The normalized spacial score (nSPS) is 24.1. The Balaban J connectivity index is 1.65. The van der Waals surface area contributed by atoms with Crippen molar-refractivity contribution < 1.29 is 19.4 Å². The van der Waals surface area contributed by atoms with E-state index in [0.717, 1.165) is 45.3 Å². The van der Waals surface area contributed by atoms with Crippen molar-refractivity contribution in [1.29, 1.82) is 0 Å². The third kappa shape index (κ3) is 4.75. The molecule has 0 amide bonds. The fourth-order valence-corrected chi connectivity index (χ4v) is 2.44. The fourth-order valence-electron chi connectivity index (χ4n) is 2.44. The van der Waals surface area contributed by atoms with Crippen molar-refractivity contribution in [2.45, 2.75) is 63.1 Å². The van der Waals surface area contributed by atoms with E-state index in [9.17, 15) is 9.90 Å². The van der Waals surface area contributed by atoms with E-state index >= 15 is 0 Å². The molecule has 2 rings (SSSR count). The average Bonchev–Trinajstić information content (AvgIpc) is 3.19. The molecule has 0 radical (unpaired) electrons. The number of nitrogens with one attached hydrogen (secondary N) is 1. The fraction of sp³-hybridized carbons (Fsp3) is 0.929. The van der Waals surface area contributed by atoms with Gasteiger partial charge in [0.1, 0.15) is 5.54 Å². The van der Waals surface area contributed by atoms with Crippen molar-refractivity contribution in [3.8, 4) is 0 Å². The van der Waals surface area contributed by atoms with E-state index in [0.29, 0.717) is 25.2 Å². The summed E-state index contributed by atoms with van der Waals surface area (Å²) in [6.45, 7) is 3.98. The molecule has 5 heteroatoms. The molecular formula is C14H25NO4. The van der Waals surface area contributed by atoms with Crippen molar-refractivity contribution in [3.05, 3.63) is 0 Å². The molecule has 0 spiro atoms. The number of carboxylic acids is 1. The Morgan fingerprint density at radius 3 is 2.63 bits per heavy atom. The molecule has 0 aromatic carbocycles. The Bertz CT molecular complexity index is 300. The summed E-state index contributed by atoms with van der Waals surface area (Å²) in [6.07, 6.45) is 5.79. The lowest BCUT2D eigenvalue weighted by Gasteiger charge is -2.27. The van der Waals surface area contributed by atoms with Gasteiger partial charge in [-0.15, -0.1) is 0 Å². The molecule has 0 aromatic rings. The number of carboxylic acid groups (broad SMARTS) is 1. The van der Waals surface area contributed by atoms with E-state index in [2.05, 4.69) is 5.32 Å². The highest BCUT2D eigenvalue weighted by atomic mass is 16.5. The van der Waals surface area contributed by atoms with Gasteiger partial charge < -0.3 is 14.6 Å². The molecule has 1 atom stereocenters. The van der Waals surface area contributed by atoms with Crippen LogP contribution in [0.5, 0.6) is 0 Å². The molecule has 110 valence electrons. The number of carbonyl (C=O) groups is 1. The van der Waals surface area contributed by atoms with Gasteiger partial charge in [0.2, 0.25) is 0 Å². The zero-order chi connectivity index (χ0) is 13.7. The van der Waals surface area contributed by atoms with Gasteiger partial charge in [-0.05, 0) is 45.4 Å². The van der Waals surface area contributed by atoms with Gasteiger partial charge in [0.25, 0.3) is 0 Å². The number of aliphatic carboxylic acids is 1. The lowest BCUT2D eigenvalue weighted by Crippen LogP contribution is -2.50. The third-order valence-corrected chi connectivity index (χ3v) is 3.92. The van der Waals surface area contributed by atoms with Crippen molar-refractivity contribution in [3.63, 3.8) is 0 Å². The van der Waals surface area contributed by atoms with Crippen molar-refractivity contribution in [1.82, 2.24) is 5.32 Å². The molecular weight excluding hydrogens is 246 g/mol. The van der Waals surface area contributed by atoms with Crippen LogP contribution in [0, 0.1) is 0 Å². The first-order valence-electron chi connectivity index (χ1n) is 7.30. The predicted octanol–water partition coefficient (Wildman–Crippen LogP) is 1.56. The smallest absolute Gasteiger partial charge is 0.323 e. The molecule has 1 saturated carbocycles. The van der Waals surface area contributed by atoms with Gasteiger partial charge in [0.05, 0.1) is 6.10 Å². The summed E-state index contributed by atoms with van der Waals surface area (Å²) < 4.78 is 11.1. The van der Waals surface area contributed by atoms with Gasteiger partial charge in [-0.25, -0.2) is 0 Å². The van der Waals surface area contributed by atoms with Gasteiger partial charge >= 0.3 is 5.97 Å². The second-order valence-corrected chi connectivity index (χ2v) is 5.84. The van der Waals surface area contributed by atoms with Crippen LogP contribution in [-0.2, 0) is 14.3 Å². The Hall–Kier alpha value is -0.650. The highest BCUT2D eigenvalue weighted by molar-refractivity contribution is 5.78. The summed E-state index contributed by atoms with van der Waals surface area (Å²) in [4.78, 5) is 11.4. The molecule has 5 nitrogen and oxygen atoms in total. The summed E-state index contributed by atoms with van der Waals surface area (Å²) >= 11 is 0. The Kier molecular flexibility index (Phi) is 5.19. The molecule has 1 aliphatic heterocycles. The van der Waals surface area contributed by atoms with E-state index in [1.54, 1.807) is 6.92 Å². The zero-order valence-electron chi connectivity index (χ0n) is 11.7. The van der Waals surface area contributed by atoms with Crippen LogP contribution >= 0.6 is 0 Å². The van der Waals surface area contributed by atoms with E-state index in [4.69, 9.17) is 9.47 Å². The maximum absolute atomic E-state index is 11.4. The molecule has 2 N–H and O–H groups in total. The van der Waals surface area contributed by atoms with Gasteiger partial charge in [-0.3, -0.25) is 10.1 Å². The molecule has 1 unspecified atom stereocenters. The SMILES string of the molecule is CC(CCCOC1CCOCC1)(NC1CC1)C(=O)O. The van der Waals surface area contributed by atoms with Gasteiger partial charge in [-0.1, -0.05) is 0 Å². The highest BCUT2D eigenvalue weighted by Crippen LogP contribution is 2.25. The minimum absolute atomic E-state index is 0.293. The summed E-state index contributed by atoms with van der Waals surface area (Å²) in [7, 11) is 0. The number of hydrogen-bond donors (Lipinski definition) is 2. The van der Waals surface area contributed by atoms with Gasteiger partial charge in [0, 0.05) is 25.9 Å². The first-order chi connectivity index (χ1) is 9.10. The van der Waals surface area contributed by atoms with Crippen LogP contribution in [-0.4, -0.2) is 48.6 Å². The monoisotopic (exact) mass is 271 g/mol. The highest BCUT2D eigenvalue weighted by Gasteiger charge is 2.37. The van der Waals surface area contributed by atoms with Crippen molar-refractivity contribution in [2.75, 3.05) is 19.8 Å². The van der Waals surface area contributed by atoms with E-state index < -0.39 is 11.5 Å². The summed E-state index contributed by atoms with van der Waals surface area (Å²) in [5.74, 6) is -0.759. The Labute approximate surface area is 114 Å². The Morgan fingerprint density at radius 1 is 1.37 bits per heavy atom.